The highest BCUT2D eigenvalue weighted by Crippen LogP contribution is 2.29. The number of hydrogen-bond donors (Lipinski definition) is 1. The van der Waals surface area contributed by atoms with E-state index < -0.39 is 0 Å². The average molecular weight is 307 g/mol. The quantitative estimate of drug-likeness (QED) is 0.763. The van der Waals surface area contributed by atoms with E-state index in [1.54, 1.807) is 0 Å². The minimum Gasteiger partial charge on any atom is -0.377 e. The van der Waals surface area contributed by atoms with E-state index in [-0.39, 0.29) is 0 Å². The van der Waals surface area contributed by atoms with Crippen molar-refractivity contribution >= 4 is 22.7 Å². The van der Waals surface area contributed by atoms with Crippen LogP contribution in [0.5, 0.6) is 0 Å². The molecule has 1 aliphatic rings. The fraction of sp³-hybridized carbons (Fsp3) is 0.500. The Balaban J connectivity index is 1.51. The molecule has 0 saturated heterocycles. The molecule has 2 aromatic rings. The van der Waals surface area contributed by atoms with E-state index in [0.29, 0.717) is 12.1 Å². The van der Waals surface area contributed by atoms with E-state index in [0.717, 1.165) is 13.2 Å². The van der Waals surface area contributed by atoms with Crippen molar-refractivity contribution in [2.45, 2.75) is 37.8 Å². The van der Waals surface area contributed by atoms with Gasteiger partial charge in [-0.3, -0.25) is 0 Å². The molecule has 0 spiro atoms. The summed E-state index contributed by atoms with van der Waals surface area (Å²) in [5, 5.41) is 7.94. The number of thiophene rings is 2. The Hall–Kier alpha value is -0.680. The van der Waals surface area contributed by atoms with Gasteiger partial charge in [-0.2, -0.15) is 0 Å². The minimum absolute atomic E-state index is 0.321. The fourth-order valence-corrected chi connectivity index (χ4v) is 4.45. The number of nitrogens with one attached hydrogen (secondary N) is 1. The standard InChI is InChI=1S/C16H21NOS2/c1-2-6-13(5-1)18-10-9-17-16(14-7-3-11-19-14)15-8-4-12-20-15/h3-4,7-8,11-13,16-17H,1-2,5-6,9-10H2. The summed E-state index contributed by atoms with van der Waals surface area (Å²) < 4.78 is 5.93. The van der Waals surface area contributed by atoms with Crippen LogP contribution in [0.2, 0.25) is 0 Å². The first-order chi connectivity index (χ1) is 9.93. The monoisotopic (exact) mass is 307 g/mol. The summed E-state index contributed by atoms with van der Waals surface area (Å²) in [7, 11) is 0. The van der Waals surface area contributed by atoms with E-state index in [1.807, 2.05) is 22.7 Å². The number of rotatable bonds is 7. The van der Waals surface area contributed by atoms with Gasteiger partial charge < -0.3 is 10.1 Å². The number of ether oxygens (including phenoxy) is 1. The molecule has 0 aromatic carbocycles. The summed E-state index contributed by atoms with van der Waals surface area (Å²) in [5.74, 6) is 0. The molecule has 1 saturated carbocycles. The Bertz CT molecular complexity index is 440. The van der Waals surface area contributed by atoms with Crippen molar-refractivity contribution in [2.75, 3.05) is 13.2 Å². The Labute approximate surface area is 128 Å². The van der Waals surface area contributed by atoms with Crippen molar-refractivity contribution in [3.05, 3.63) is 44.8 Å². The molecule has 2 heterocycles. The predicted molar refractivity (Wildman–Crippen MR) is 86.7 cm³/mol. The zero-order chi connectivity index (χ0) is 13.6. The second-order valence-electron chi connectivity index (χ2n) is 5.20. The second-order valence-corrected chi connectivity index (χ2v) is 7.15. The second kappa shape index (κ2) is 7.36. The molecular weight excluding hydrogens is 286 g/mol. The molecule has 1 N–H and O–H groups in total. The van der Waals surface area contributed by atoms with Gasteiger partial charge in [0.25, 0.3) is 0 Å². The van der Waals surface area contributed by atoms with E-state index in [1.165, 1.54) is 35.4 Å². The molecule has 0 radical (unpaired) electrons. The lowest BCUT2D eigenvalue weighted by molar-refractivity contribution is 0.0597. The molecule has 0 aliphatic heterocycles. The first-order valence-corrected chi connectivity index (χ1v) is 9.11. The van der Waals surface area contributed by atoms with Crippen molar-refractivity contribution in [3.63, 3.8) is 0 Å². The molecule has 0 atom stereocenters. The van der Waals surface area contributed by atoms with Gasteiger partial charge in [-0.25, -0.2) is 0 Å². The first-order valence-electron chi connectivity index (χ1n) is 7.35. The molecule has 3 rings (SSSR count). The lowest BCUT2D eigenvalue weighted by Crippen LogP contribution is -2.26. The van der Waals surface area contributed by atoms with Gasteiger partial charge >= 0.3 is 0 Å². The summed E-state index contributed by atoms with van der Waals surface area (Å²) in [6.07, 6.45) is 5.69. The fourth-order valence-electron chi connectivity index (χ4n) is 2.74. The normalized spacial score (nSPS) is 16.2. The van der Waals surface area contributed by atoms with E-state index in [2.05, 4.69) is 40.3 Å². The molecule has 20 heavy (non-hydrogen) atoms. The Morgan fingerprint density at radius 2 is 1.75 bits per heavy atom. The lowest BCUT2D eigenvalue weighted by Gasteiger charge is -2.17. The van der Waals surface area contributed by atoms with E-state index in [4.69, 9.17) is 4.74 Å². The molecule has 108 valence electrons. The molecule has 1 aliphatic carbocycles. The third kappa shape index (κ3) is 3.70. The van der Waals surface area contributed by atoms with Crippen molar-refractivity contribution in [1.29, 1.82) is 0 Å². The van der Waals surface area contributed by atoms with Crippen LogP contribution in [0.1, 0.15) is 41.5 Å². The predicted octanol–water partition coefficient (Wildman–Crippen LogP) is 4.45. The van der Waals surface area contributed by atoms with Crippen LogP contribution in [-0.4, -0.2) is 19.3 Å². The first kappa shape index (κ1) is 14.3. The van der Waals surface area contributed by atoms with E-state index in [9.17, 15) is 0 Å². The number of hydrogen-bond acceptors (Lipinski definition) is 4. The Morgan fingerprint density at radius 3 is 2.30 bits per heavy atom. The maximum absolute atomic E-state index is 5.93. The van der Waals surface area contributed by atoms with Crippen LogP contribution >= 0.6 is 22.7 Å². The summed E-state index contributed by atoms with van der Waals surface area (Å²) in [5.41, 5.74) is 0. The van der Waals surface area contributed by atoms with Gasteiger partial charge in [-0.05, 0) is 35.7 Å². The molecule has 1 fully saturated rings. The van der Waals surface area contributed by atoms with Crippen molar-refractivity contribution in [2.24, 2.45) is 0 Å². The highest BCUT2D eigenvalue weighted by molar-refractivity contribution is 7.11. The average Bonchev–Trinajstić information content (AvgIpc) is 3.22. The SMILES string of the molecule is c1csc(C(NCCOC2CCCC2)c2cccs2)c1. The summed E-state index contributed by atoms with van der Waals surface area (Å²) >= 11 is 3.63. The lowest BCUT2D eigenvalue weighted by atomic mass is 10.2. The Kier molecular flexibility index (Phi) is 5.25. The van der Waals surface area contributed by atoms with Gasteiger partial charge in [0.1, 0.15) is 0 Å². The highest BCUT2D eigenvalue weighted by atomic mass is 32.1. The maximum atomic E-state index is 5.93. The van der Waals surface area contributed by atoms with Crippen molar-refractivity contribution in [3.8, 4) is 0 Å². The summed E-state index contributed by atoms with van der Waals surface area (Å²) in [6, 6.07) is 8.98. The van der Waals surface area contributed by atoms with Gasteiger partial charge in [0.05, 0.1) is 18.8 Å². The third-order valence-corrected chi connectivity index (χ3v) is 5.64. The molecular formula is C16H21NOS2. The van der Waals surface area contributed by atoms with Crippen LogP contribution in [0.4, 0.5) is 0 Å². The Morgan fingerprint density at radius 1 is 1.10 bits per heavy atom. The third-order valence-electron chi connectivity index (χ3n) is 3.76. The molecule has 0 unspecified atom stereocenters. The van der Waals surface area contributed by atoms with Crippen LogP contribution in [0.25, 0.3) is 0 Å². The van der Waals surface area contributed by atoms with Crippen LogP contribution < -0.4 is 5.32 Å². The zero-order valence-corrected chi connectivity index (χ0v) is 13.2. The molecule has 2 aromatic heterocycles. The molecule has 4 heteroatoms. The summed E-state index contributed by atoms with van der Waals surface area (Å²) in [4.78, 5) is 2.77. The smallest absolute Gasteiger partial charge is 0.0765 e. The van der Waals surface area contributed by atoms with Crippen molar-refractivity contribution < 1.29 is 4.74 Å². The largest absolute Gasteiger partial charge is 0.377 e. The van der Waals surface area contributed by atoms with Gasteiger partial charge in [0, 0.05) is 16.3 Å². The van der Waals surface area contributed by atoms with Crippen molar-refractivity contribution in [1.82, 2.24) is 5.32 Å². The molecule has 0 amide bonds. The van der Waals surface area contributed by atoms with Gasteiger partial charge in [-0.15, -0.1) is 22.7 Å². The van der Waals surface area contributed by atoms with Gasteiger partial charge in [-0.1, -0.05) is 25.0 Å². The van der Waals surface area contributed by atoms with E-state index >= 15 is 0 Å². The highest BCUT2D eigenvalue weighted by Gasteiger charge is 2.17. The maximum Gasteiger partial charge on any atom is 0.0765 e. The van der Waals surface area contributed by atoms with Gasteiger partial charge in [0.15, 0.2) is 0 Å². The summed E-state index contributed by atoms with van der Waals surface area (Å²) in [6.45, 7) is 1.73. The van der Waals surface area contributed by atoms with Crippen LogP contribution in [-0.2, 0) is 4.74 Å². The topological polar surface area (TPSA) is 21.3 Å². The van der Waals surface area contributed by atoms with Gasteiger partial charge in [0.2, 0.25) is 0 Å². The van der Waals surface area contributed by atoms with Crippen LogP contribution in [0.15, 0.2) is 35.0 Å². The molecule has 2 nitrogen and oxygen atoms in total. The molecule has 0 bridgehead atoms. The zero-order valence-electron chi connectivity index (χ0n) is 11.6. The van der Waals surface area contributed by atoms with Crippen LogP contribution in [0, 0.1) is 0 Å². The minimum atomic E-state index is 0.321. The van der Waals surface area contributed by atoms with Crippen LogP contribution in [0.3, 0.4) is 0 Å².